The van der Waals surface area contributed by atoms with E-state index in [-0.39, 0.29) is 12.0 Å². The van der Waals surface area contributed by atoms with Crippen LogP contribution >= 0.6 is 0 Å². The first-order valence-corrected chi connectivity index (χ1v) is 12.6. The fraction of sp³-hybridized carbons (Fsp3) is 0.310. The first-order valence-electron chi connectivity index (χ1n) is 12.6. The Kier molecular flexibility index (Phi) is 8.92. The number of methoxy groups -OCH3 is 1. The quantitative estimate of drug-likeness (QED) is 0.321. The van der Waals surface area contributed by atoms with Gasteiger partial charge >= 0.3 is 5.97 Å². The predicted molar refractivity (Wildman–Crippen MR) is 146 cm³/mol. The van der Waals surface area contributed by atoms with Crippen LogP contribution in [-0.2, 0) is 9.53 Å². The molecule has 1 aliphatic heterocycles. The maximum atomic E-state index is 12.8. The molecule has 0 bridgehead atoms. The molecule has 1 aliphatic rings. The summed E-state index contributed by atoms with van der Waals surface area (Å²) < 4.78 is 16.7. The third kappa shape index (κ3) is 6.88. The Morgan fingerprint density at radius 2 is 1.87 bits per heavy atom. The van der Waals surface area contributed by atoms with E-state index in [4.69, 9.17) is 14.2 Å². The number of hydrogen-bond acceptors (Lipinski definition) is 8. The Morgan fingerprint density at radius 3 is 2.61 bits per heavy atom. The lowest BCUT2D eigenvalue weighted by Gasteiger charge is -2.33. The number of hydrogen-bond donors (Lipinski definition) is 1. The molecule has 2 aromatic carbocycles. The zero-order chi connectivity index (χ0) is 26.9. The van der Waals surface area contributed by atoms with Gasteiger partial charge in [-0.1, -0.05) is 24.3 Å². The molecule has 1 atom stereocenters. The van der Waals surface area contributed by atoms with E-state index in [1.807, 2.05) is 31.2 Å². The third-order valence-electron chi connectivity index (χ3n) is 6.08. The molecule has 0 aliphatic carbocycles. The summed E-state index contributed by atoms with van der Waals surface area (Å²) in [5, 5.41) is 2.82. The topological polar surface area (TPSA) is 103 Å². The van der Waals surface area contributed by atoms with Crippen LogP contribution in [0.5, 0.6) is 11.5 Å². The van der Waals surface area contributed by atoms with Crippen molar-refractivity contribution in [1.29, 1.82) is 0 Å². The first-order chi connectivity index (χ1) is 18.5. The van der Waals surface area contributed by atoms with Gasteiger partial charge in [0.2, 0.25) is 0 Å². The first kappa shape index (κ1) is 26.7. The van der Waals surface area contributed by atoms with E-state index in [0.717, 1.165) is 36.4 Å². The van der Waals surface area contributed by atoms with Gasteiger partial charge in [0.15, 0.2) is 17.3 Å². The molecule has 0 unspecified atom stereocenters. The summed E-state index contributed by atoms with van der Waals surface area (Å²) in [7, 11) is 1.34. The van der Waals surface area contributed by atoms with E-state index in [2.05, 4.69) is 20.2 Å². The summed E-state index contributed by atoms with van der Waals surface area (Å²) in [5.41, 5.74) is 1.72. The van der Waals surface area contributed by atoms with Crippen LogP contribution < -0.4 is 19.7 Å². The number of piperidine rings is 1. The molecule has 4 rings (SSSR count). The van der Waals surface area contributed by atoms with Gasteiger partial charge in [-0.05, 0) is 62.6 Å². The van der Waals surface area contributed by atoms with E-state index in [1.54, 1.807) is 43.5 Å². The van der Waals surface area contributed by atoms with Crippen molar-refractivity contribution in [3.05, 3.63) is 77.6 Å². The fourth-order valence-corrected chi connectivity index (χ4v) is 4.18. The number of para-hydroxylation sites is 2. The maximum Gasteiger partial charge on any atom is 0.337 e. The molecular formula is C29H32N4O5. The van der Waals surface area contributed by atoms with Gasteiger partial charge < -0.3 is 24.4 Å². The summed E-state index contributed by atoms with van der Waals surface area (Å²) in [6.45, 7) is 5.70. The number of nitrogens with one attached hydrogen (secondary N) is 1. The number of carbonyl (C=O) groups is 2. The zero-order valence-corrected chi connectivity index (χ0v) is 21.8. The SMILES string of the molecule is CCOc1ccccc1O[C@@H]1CCCN(c2cncc(NC(=O)/C(C)=C/c3ccc(C(=O)OC)cc3)n2)C1. The smallest absolute Gasteiger partial charge is 0.337 e. The standard InChI is InChI=1S/C29H32N4O5/c1-4-37-24-9-5-6-10-25(24)38-23-8-7-15-33(19-23)27-18-30-17-26(31-27)32-28(34)20(2)16-21-11-13-22(14-12-21)29(35)36-3/h5-6,9-14,16-18,23H,4,7-8,15,19H2,1-3H3,(H,31,32,34)/b20-16+/t23-/m1/s1. The van der Waals surface area contributed by atoms with Crippen molar-refractivity contribution in [2.24, 2.45) is 0 Å². The fourth-order valence-electron chi connectivity index (χ4n) is 4.18. The molecule has 38 heavy (non-hydrogen) atoms. The minimum Gasteiger partial charge on any atom is -0.490 e. The highest BCUT2D eigenvalue weighted by Gasteiger charge is 2.24. The molecule has 1 amide bonds. The number of carbonyl (C=O) groups excluding carboxylic acids is 2. The van der Waals surface area contributed by atoms with E-state index >= 15 is 0 Å². The monoisotopic (exact) mass is 516 g/mol. The molecule has 1 fully saturated rings. The largest absolute Gasteiger partial charge is 0.490 e. The van der Waals surface area contributed by atoms with Gasteiger partial charge in [-0.15, -0.1) is 0 Å². The summed E-state index contributed by atoms with van der Waals surface area (Å²) in [4.78, 5) is 35.4. The van der Waals surface area contributed by atoms with Gasteiger partial charge in [-0.3, -0.25) is 9.78 Å². The van der Waals surface area contributed by atoms with Crippen LogP contribution in [0.4, 0.5) is 11.6 Å². The normalized spacial score (nSPS) is 15.5. The van der Waals surface area contributed by atoms with Gasteiger partial charge in [0.1, 0.15) is 11.9 Å². The van der Waals surface area contributed by atoms with Gasteiger partial charge in [0.25, 0.3) is 5.91 Å². The van der Waals surface area contributed by atoms with Crippen molar-refractivity contribution < 1.29 is 23.8 Å². The lowest BCUT2D eigenvalue weighted by atomic mass is 10.1. The van der Waals surface area contributed by atoms with Crippen LogP contribution in [0.15, 0.2) is 66.5 Å². The lowest BCUT2D eigenvalue weighted by Crippen LogP contribution is -2.41. The third-order valence-corrected chi connectivity index (χ3v) is 6.08. The lowest BCUT2D eigenvalue weighted by molar-refractivity contribution is -0.112. The Balaban J connectivity index is 1.39. The highest BCUT2D eigenvalue weighted by atomic mass is 16.5. The number of amides is 1. The molecule has 0 radical (unpaired) electrons. The number of anilines is 2. The van der Waals surface area contributed by atoms with E-state index < -0.39 is 5.97 Å². The number of esters is 1. The molecule has 1 saturated heterocycles. The number of benzene rings is 2. The minimum atomic E-state index is -0.407. The molecule has 2 heterocycles. The second kappa shape index (κ2) is 12.7. The number of ether oxygens (including phenoxy) is 3. The summed E-state index contributed by atoms with van der Waals surface area (Å²) in [6, 6.07) is 14.5. The van der Waals surface area contributed by atoms with Crippen molar-refractivity contribution in [1.82, 2.24) is 9.97 Å². The van der Waals surface area contributed by atoms with Crippen LogP contribution in [-0.4, -0.2) is 54.8 Å². The van der Waals surface area contributed by atoms with Crippen LogP contribution in [0.1, 0.15) is 42.6 Å². The number of nitrogens with zero attached hydrogens (tertiary/aromatic N) is 3. The molecule has 9 nitrogen and oxygen atoms in total. The highest BCUT2D eigenvalue weighted by Crippen LogP contribution is 2.30. The van der Waals surface area contributed by atoms with Crippen LogP contribution in [0.2, 0.25) is 0 Å². The molecule has 1 aromatic heterocycles. The Bertz CT molecular complexity index is 1290. The van der Waals surface area contributed by atoms with E-state index in [1.165, 1.54) is 13.3 Å². The van der Waals surface area contributed by atoms with E-state index in [0.29, 0.717) is 35.9 Å². The zero-order valence-electron chi connectivity index (χ0n) is 21.8. The maximum absolute atomic E-state index is 12.8. The molecule has 9 heteroatoms. The van der Waals surface area contributed by atoms with Crippen molar-refractivity contribution in [2.75, 3.05) is 37.0 Å². The van der Waals surface area contributed by atoms with Gasteiger partial charge in [-0.25, -0.2) is 9.78 Å². The van der Waals surface area contributed by atoms with Crippen LogP contribution in [0, 0.1) is 0 Å². The average Bonchev–Trinajstić information content (AvgIpc) is 2.94. The molecular weight excluding hydrogens is 484 g/mol. The van der Waals surface area contributed by atoms with E-state index in [9.17, 15) is 9.59 Å². The Hall–Kier alpha value is -4.40. The average molecular weight is 517 g/mol. The Labute approximate surface area is 222 Å². The van der Waals surface area contributed by atoms with Crippen molar-refractivity contribution in [3.63, 3.8) is 0 Å². The second-order valence-corrected chi connectivity index (χ2v) is 8.87. The number of rotatable bonds is 9. The molecule has 1 N–H and O–H groups in total. The predicted octanol–water partition coefficient (Wildman–Crippen LogP) is 4.75. The van der Waals surface area contributed by atoms with Crippen LogP contribution in [0.3, 0.4) is 0 Å². The van der Waals surface area contributed by atoms with Gasteiger partial charge in [0.05, 0.1) is 38.2 Å². The van der Waals surface area contributed by atoms with Gasteiger partial charge in [-0.2, -0.15) is 0 Å². The summed E-state index contributed by atoms with van der Waals surface area (Å²) in [6.07, 6.45) is 6.79. The highest BCUT2D eigenvalue weighted by molar-refractivity contribution is 6.05. The minimum absolute atomic E-state index is 0.0267. The van der Waals surface area contributed by atoms with Crippen molar-refractivity contribution in [3.8, 4) is 11.5 Å². The molecule has 3 aromatic rings. The summed E-state index contributed by atoms with van der Waals surface area (Å²) in [5.74, 6) is 1.81. The second-order valence-electron chi connectivity index (χ2n) is 8.87. The Morgan fingerprint density at radius 1 is 1.11 bits per heavy atom. The van der Waals surface area contributed by atoms with Gasteiger partial charge in [0, 0.05) is 12.1 Å². The van der Waals surface area contributed by atoms with Crippen molar-refractivity contribution in [2.45, 2.75) is 32.8 Å². The van der Waals surface area contributed by atoms with Crippen LogP contribution in [0.25, 0.3) is 6.08 Å². The molecule has 198 valence electrons. The van der Waals surface area contributed by atoms with Crippen molar-refractivity contribution >= 4 is 29.6 Å². The number of aromatic nitrogens is 2. The molecule has 0 spiro atoms. The molecule has 0 saturated carbocycles. The summed E-state index contributed by atoms with van der Waals surface area (Å²) >= 11 is 0.